The molecule has 1 aromatic carbocycles. The number of amides is 1. The number of carbonyl (C=O) groups excluding carboxylic acids is 1. The van der Waals surface area contributed by atoms with Gasteiger partial charge in [-0.2, -0.15) is 0 Å². The number of rotatable bonds is 4. The van der Waals surface area contributed by atoms with Gasteiger partial charge in [0.2, 0.25) is 5.91 Å². The summed E-state index contributed by atoms with van der Waals surface area (Å²) in [5.74, 6) is 0.326. The van der Waals surface area contributed by atoms with Crippen molar-refractivity contribution >= 4 is 5.91 Å². The number of likely N-dealkylation sites (N-methyl/N-ethyl adjacent to an activating group) is 1. The summed E-state index contributed by atoms with van der Waals surface area (Å²) in [5.41, 5.74) is 1.08. The van der Waals surface area contributed by atoms with Crippen LogP contribution in [-0.4, -0.2) is 54.5 Å². The van der Waals surface area contributed by atoms with Crippen LogP contribution in [0.25, 0.3) is 0 Å². The van der Waals surface area contributed by atoms with Gasteiger partial charge in [0.1, 0.15) is 0 Å². The normalized spacial score (nSPS) is 22.0. The van der Waals surface area contributed by atoms with Crippen molar-refractivity contribution in [2.24, 2.45) is 0 Å². The van der Waals surface area contributed by atoms with Crippen molar-refractivity contribution in [2.75, 3.05) is 33.2 Å². The standard InChI is InChI=1S/C18H27N3O/c1-19-18(9-5-6-10-18)17(22)21-13-11-20(12-14-21)15-16-7-3-2-4-8-16/h2-4,7-8,19H,5-6,9-15H2,1H3. The van der Waals surface area contributed by atoms with Gasteiger partial charge in [0.25, 0.3) is 0 Å². The Balaban J connectivity index is 1.54. The lowest BCUT2D eigenvalue weighted by molar-refractivity contribution is -0.140. The molecule has 0 unspecified atom stereocenters. The average Bonchev–Trinajstić information content (AvgIpc) is 3.06. The maximum absolute atomic E-state index is 12.9. The van der Waals surface area contributed by atoms with Crippen molar-refractivity contribution in [1.29, 1.82) is 0 Å². The van der Waals surface area contributed by atoms with E-state index in [2.05, 4.69) is 45.4 Å². The number of hydrogen-bond acceptors (Lipinski definition) is 3. The molecule has 2 aliphatic rings. The molecule has 0 spiro atoms. The zero-order valence-corrected chi connectivity index (χ0v) is 13.6. The molecular formula is C18H27N3O. The minimum absolute atomic E-state index is 0.276. The molecule has 1 aromatic rings. The van der Waals surface area contributed by atoms with E-state index in [4.69, 9.17) is 0 Å². The van der Waals surface area contributed by atoms with Crippen LogP contribution in [0.1, 0.15) is 31.2 Å². The fraction of sp³-hybridized carbons (Fsp3) is 0.611. The van der Waals surface area contributed by atoms with E-state index in [0.717, 1.165) is 45.6 Å². The van der Waals surface area contributed by atoms with Crippen LogP contribution in [0.3, 0.4) is 0 Å². The first-order chi connectivity index (χ1) is 10.7. The zero-order valence-electron chi connectivity index (χ0n) is 13.6. The summed E-state index contributed by atoms with van der Waals surface area (Å²) in [4.78, 5) is 17.4. The third kappa shape index (κ3) is 3.18. The number of piperazine rings is 1. The van der Waals surface area contributed by atoms with E-state index in [1.54, 1.807) is 0 Å². The zero-order chi connectivity index (χ0) is 15.4. The summed E-state index contributed by atoms with van der Waals surface area (Å²) in [6.45, 7) is 4.64. The summed E-state index contributed by atoms with van der Waals surface area (Å²) in [6, 6.07) is 10.6. The first kappa shape index (κ1) is 15.5. The van der Waals surface area contributed by atoms with Gasteiger partial charge in [0.15, 0.2) is 0 Å². The molecule has 0 radical (unpaired) electrons. The summed E-state index contributed by atoms with van der Waals surface area (Å²) >= 11 is 0. The molecule has 0 atom stereocenters. The minimum atomic E-state index is -0.276. The molecule has 120 valence electrons. The number of hydrogen-bond donors (Lipinski definition) is 1. The van der Waals surface area contributed by atoms with Crippen LogP contribution >= 0.6 is 0 Å². The van der Waals surface area contributed by atoms with Crippen molar-refractivity contribution < 1.29 is 4.79 Å². The predicted molar refractivity (Wildman–Crippen MR) is 88.6 cm³/mol. The SMILES string of the molecule is CNC1(C(=O)N2CCN(Cc3ccccc3)CC2)CCCC1. The van der Waals surface area contributed by atoms with E-state index in [0.29, 0.717) is 5.91 Å². The molecule has 1 N–H and O–H groups in total. The van der Waals surface area contributed by atoms with Gasteiger partial charge in [-0.05, 0) is 25.5 Å². The number of benzene rings is 1. The van der Waals surface area contributed by atoms with Gasteiger partial charge in [-0.15, -0.1) is 0 Å². The fourth-order valence-electron chi connectivity index (χ4n) is 3.80. The van der Waals surface area contributed by atoms with Crippen molar-refractivity contribution in [3.05, 3.63) is 35.9 Å². The maximum atomic E-state index is 12.9. The van der Waals surface area contributed by atoms with E-state index in [9.17, 15) is 4.79 Å². The Bertz CT molecular complexity index is 488. The molecule has 2 fully saturated rings. The van der Waals surface area contributed by atoms with Crippen LogP contribution in [0.15, 0.2) is 30.3 Å². The van der Waals surface area contributed by atoms with Crippen LogP contribution < -0.4 is 5.32 Å². The van der Waals surface area contributed by atoms with Crippen molar-refractivity contribution in [2.45, 2.75) is 37.8 Å². The van der Waals surface area contributed by atoms with Crippen molar-refractivity contribution in [3.8, 4) is 0 Å². The van der Waals surface area contributed by atoms with Crippen molar-refractivity contribution in [1.82, 2.24) is 15.1 Å². The molecule has 0 bridgehead atoms. The second-order valence-electron chi connectivity index (χ2n) is 6.59. The molecular weight excluding hydrogens is 274 g/mol. The van der Waals surface area contributed by atoms with Gasteiger partial charge in [-0.1, -0.05) is 43.2 Å². The second-order valence-corrected chi connectivity index (χ2v) is 6.59. The third-order valence-corrected chi connectivity index (χ3v) is 5.25. The molecule has 1 aliphatic carbocycles. The Hall–Kier alpha value is -1.39. The Morgan fingerprint density at radius 1 is 1.09 bits per heavy atom. The van der Waals surface area contributed by atoms with E-state index in [1.807, 2.05) is 7.05 Å². The van der Waals surface area contributed by atoms with Crippen LogP contribution in [0.5, 0.6) is 0 Å². The molecule has 4 nitrogen and oxygen atoms in total. The molecule has 1 aliphatic heterocycles. The van der Waals surface area contributed by atoms with Gasteiger partial charge in [0, 0.05) is 32.7 Å². The quantitative estimate of drug-likeness (QED) is 0.922. The third-order valence-electron chi connectivity index (χ3n) is 5.25. The lowest BCUT2D eigenvalue weighted by Crippen LogP contribution is -2.59. The largest absolute Gasteiger partial charge is 0.339 e. The Kier molecular flexibility index (Phi) is 4.79. The highest BCUT2D eigenvalue weighted by Crippen LogP contribution is 2.31. The van der Waals surface area contributed by atoms with Gasteiger partial charge in [0.05, 0.1) is 5.54 Å². The molecule has 1 saturated carbocycles. The first-order valence-electron chi connectivity index (χ1n) is 8.48. The summed E-state index contributed by atoms with van der Waals surface area (Å²) in [7, 11) is 1.94. The summed E-state index contributed by atoms with van der Waals surface area (Å²) in [5, 5.41) is 3.32. The first-order valence-corrected chi connectivity index (χ1v) is 8.48. The molecule has 1 saturated heterocycles. The Morgan fingerprint density at radius 3 is 2.32 bits per heavy atom. The van der Waals surface area contributed by atoms with E-state index in [-0.39, 0.29) is 5.54 Å². The van der Waals surface area contributed by atoms with Gasteiger partial charge in [-0.25, -0.2) is 0 Å². The minimum Gasteiger partial charge on any atom is -0.339 e. The van der Waals surface area contributed by atoms with E-state index < -0.39 is 0 Å². The second kappa shape index (κ2) is 6.80. The Morgan fingerprint density at radius 2 is 1.73 bits per heavy atom. The maximum Gasteiger partial charge on any atom is 0.242 e. The monoisotopic (exact) mass is 301 g/mol. The molecule has 1 amide bonds. The average molecular weight is 301 g/mol. The number of nitrogens with one attached hydrogen (secondary N) is 1. The molecule has 0 aromatic heterocycles. The molecule has 3 rings (SSSR count). The van der Waals surface area contributed by atoms with E-state index >= 15 is 0 Å². The highest BCUT2D eigenvalue weighted by molar-refractivity contribution is 5.86. The highest BCUT2D eigenvalue weighted by Gasteiger charge is 2.42. The van der Waals surface area contributed by atoms with Crippen molar-refractivity contribution in [3.63, 3.8) is 0 Å². The smallest absolute Gasteiger partial charge is 0.242 e. The van der Waals surface area contributed by atoms with Crippen LogP contribution in [0, 0.1) is 0 Å². The van der Waals surface area contributed by atoms with Crippen LogP contribution in [0.4, 0.5) is 0 Å². The van der Waals surface area contributed by atoms with Gasteiger partial charge >= 0.3 is 0 Å². The molecule has 1 heterocycles. The van der Waals surface area contributed by atoms with Gasteiger partial charge in [-0.3, -0.25) is 9.69 Å². The summed E-state index contributed by atoms with van der Waals surface area (Å²) in [6.07, 6.45) is 4.32. The molecule has 4 heteroatoms. The number of nitrogens with zero attached hydrogens (tertiary/aromatic N) is 2. The fourth-order valence-corrected chi connectivity index (χ4v) is 3.80. The lowest BCUT2D eigenvalue weighted by Gasteiger charge is -2.39. The van der Waals surface area contributed by atoms with E-state index in [1.165, 1.54) is 18.4 Å². The summed E-state index contributed by atoms with van der Waals surface area (Å²) < 4.78 is 0. The van der Waals surface area contributed by atoms with Crippen LogP contribution in [0.2, 0.25) is 0 Å². The number of carbonyl (C=O) groups is 1. The topological polar surface area (TPSA) is 35.6 Å². The Labute approximate surface area is 133 Å². The van der Waals surface area contributed by atoms with Crippen LogP contribution in [-0.2, 0) is 11.3 Å². The highest BCUT2D eigenvalue weighted by atomic mass is 16.2. The lowest BCUT2D eigenvalue weighted by atomic mass is 9.95. The van der Waals surface area contributed by atoms with Gasteiger partial charge < -0.3 is 10.2 Å². The predicted octanol–water partition coefficient (Wildman–Crippen LogP) is 1.86. The molecule has 22 heavy (non-hydrogen) atoms.